The highest BCUT2D eigenvalue weighted by Crippen LogP contribution is 2.37. The van der Waals surface area contributed by atoms with Crippen LogP contribution in [0.3, 0.4) is 0 Å². The summed E-state index contributed by atoms with van der Waals surface area (Å²) in [5.74, 6) is 1.07. The van der Waals surface area contributed by atoms with Crippen molar-refractivity contribution in [3.63, 3.8) is 0 Å². The van der Waals surface area contributed by atoms with Gasteiger partial charge in [-0.25, -0.2) is 0 Å². The van der Waals surface area contributed by atoms with Crippen LogP contribution in [0.1, 0.15) is 29.6 Å². The number of hydrogen-bond donors (Lipinski definition) is 1. The van der Waals surface area contributed by atoms with Crippen LogP contribution < -0.4 is 5.56 Å². The second-order valence-corrected chi connectivity index (χ2v) is 5.88. The zero-order valence-corrected chi connectivity index (χ0v) is 11.5. The van der Waals surface area contributed by atoms with Crippen molar-refractivity contribution in [1.29, 1.82) is 0 Å². The Balaban J connectivity index is 1.64. The van der Waals surface area contributed by atoms with Gasteiger partial charge in [0.25, 0.3) is 11.5 Å². The van der Waals surface area contributed by atoms with Gasteiger partial charge in [0.2, 0.25) is 0 Å². The zero-order chi connectivity index (χ0) is 14.4. The summed E-state index contributed by atoms with van der Waals surface area (Å²) in [7, 11) is 0. The molecule has 0 spiro atoms. The van der Waals surface area contributed by atoms with Crippen LogP contribution in [0, 0.1) is 5.92 Å². The number of carbonyl (C=O) groups is 1. The number of rotatable bonds is 2. The van der Waals surface area contributed by atoms with Crippen molar-refractivity contribution in [3.05, 3.63) is 46.4 Å². The van der Waals surface area contributed by atoms with Crippen LogP contribution in [-0.2, 0) is 0 Å². The average Bonchev–Trinajstić information content (AvgIpc) is 3.23. The van der Waals surface area contributed by atoms with Gasteiger partial charge in [-0.05, 0) is 49.4 Å². The van der Waals surface area contributed by atoms with E-state index >= 15 is 0 Å². The number of aromatic nitrogens is 1. The molecule has 2 aromatic rings. The molecule has 5 nitrogen and oxygen atoms in total. The molecule has 0 radical (unpaired) electrons. The third kappa shape index (κ3) is 2.00. The molecule has 1 amide bonds. The molecule has 2 bridgehead atoms. The Morgan fingerprint density at radius 1 is 1.29 bits per heavy atom. The van der Waals surface area contributed by atoms with E-state index in [0.29, 0.717) is 23.4 Å². The monoisotopic (exact) mass is 284 g/mol. The number of nitrogens with one attached hydrogen (secondary N) is 1. The molecule has 3 heterocycles. The van der Waals surface area contributed by atoms with Gasteiger partial charge >= 0.3 is 0 Å². The van der Waals surface area contributed by atoms with Gasteiger partial charge in [-0.15, -0.1) is 0 Å². The predicted molar refractivity (Wildman–Crippen MR) is 76.9 cm³/mol. The summed E-state index contributed by atoms with van der Waals surface area (Å²) >= 11 is 0. The van der Waals surface area contributed by atoms with Crippen molar-refractivity contribution in [2.45, 2.75) is 25.3 Å². The van der Waals surface area contributed by atoms with Gasteiger partial charge in [0.1, 0.15) is 11.3 Å². The molecule has 2 aliphatic rings. The third-order valence-corrected chi connectivity index (χ3v) is 4.60. The number of piperidine rings is 1. The van der Waals surface area contributed by atoms with Crippen molar-refractivity contribution in [3.8, 4) is 11.5 Å². The van der Waals surface area contributed by atoms with Crippen LogP contribution in [0.25, 0.3) is 11.5 Å². The molecule has 2 atom stereocenters. The number of aromatic amines is 1. The highest BCUT2D eigenvalue weighted by Gasteiger charge is 2.40. The lowest BCUT2D eigenvalue weighted by Gasteiger charge is -2.26. The highest BCUT2D eigenvalue weighted by atomic mass is 16.3. The summed E-state index contributed by atoms with van der Waals surface area (Å²) in [6, 6.07) is 7.18. The Morgan fingerprint density at radius 3 is 2.81 bits per heavy atom. The molecule has 2 aromatic heterocycles. The molecule has 0 unspecified atom stereocenters. The number of carbonyl (C=O) groups excluding carboxylic acids is 1. The lowest BCUT2D eigenvalue weighted by Crippen LogP contribution is -2.40. The number of pyridine rings is 1. The van der Waals surface area contributed by atoms with E-state index in [0.717, 1.165) is 19.4 Å². The van der Waals surface area contributed by atoms with Gasteiger partial charge in [-0.1, -0.05) is 0 Å². The number of H-pyrrole nitrogens is 1. The molecule has 1 aliphatic carbocycles. The lowest BCUT2D eigenvalue weighted by molar-refractivity contribution is 0.0702. The first-order valence-corrected chi connectivity index (χ1v) is 7.30. The number of nitrogens with zero attached hydrogens (tertiary/aromatic N) is 1. The van der Waals surface area contributed by atoms with Crippen molar-refractivity contribution >= 4 is 5.91 Å². The van der Waals surface area contributed by atoms with Crippen LogP contribution in [0.4, 0.5) is 0 Å². The van der Waals surface area contributed by atoms with Crippen molar-refractivity contribution in [2.75, 3.05) is 6.54 Å². The molecule has 2 fully saturated rings. The van der Waals surface area contributed by atoms with Gasteiger partial charge in [0, 0.05) is 12.6 Å². The molecule has 21 heavy (non-hydrogen) atoms. The van der Waals surface area contributed by atoms with E-state index in [9.17, 15) is 9.59 Å². The topological polar surface area (TPSA) is 66.3 Å². The SMILES string of the molecule is O=C(c1ccc(-c2ccco2)[nH]c1=O)N1C[C@H]2CC[C@@H]1C2. The summed E-state index contributed by atoms with van der Waals surface area (Å²) < 4.78 is 5.25. The summed E-state index contributed by atoms with van der Waals surface area (Å²) in [4.78, 5) is 29.3. The molecule has 4 rings (SSSR count). The Bertz CT molecular complexity index is 732. The van der Waals surface area contributed by atoms with Gasteiger partial charge in [0.15, 0.2) is 0 Å². The van der Waals surface area contributed by atoms with E-state index in [1.54, 1.807) is 30.5 Å². The minimum atomic E-state index is -0.350. The van der Waals surface area contributed by atoms with E-state index in [1.165, 1.54) is 6.42 Å². The maximum absolute atomic E-state index is 12.5. The molecule has 1 aliphatic heterocycles. The Hall–Kier alpha value is -2.30. The molecule has 0 aromatic carbocycles. The summed E-state index contributed by atoms with van der Waals surface area (Å²) in [6.07, 6.45) is 4.92. The van der Waals surface area contributed by atoms with Gasteiger partial charge < -0.3 is 14.3 Å². The van der Waals surface area contributed by atoms with E-state index in [-0.39, 0.29) is 17.0 Å². The van der Waals surface area contributed by atoms with Crippen LogP contribution in [0.2, 0.25) is 0 Å². The van der Waals surface area contributed by atoms with Crippen LogP contribution in [0.5, 0.6) is 0 Å². The second-order valence-electron chi connectivity index (χ2n) is 5.88. The van der Waals surface area contributed by atoms with Gasteiger partial charge in [-0.2, -0.15) is 0 Å². The van der Waals surface area contributed by atoms with Crippen molar-refractivity contribution < 1.29 is 9.21 Å². The highest BCUT2D eigenvalue weighted by molar-refractivity contribution is 5.94. The van der Waals surface area contributed by atoms with Crippen LogP contribution >= 0.6 is 0 Å². The van der Waals surface area contributed by atoms with Crippen molar-refractivity contribution in [1.82, 2.24) is 9.88 Å². The fourth-order valence-electron chi connectivity index (χ4n) is 3.55. The Labute approximate surface area is 121 Å². The number of hydrogen-bond acceptors (Lipinski definition) is 3. The minimum absolute atomic E-state index is 0.144. The van der Waals surface area contributed by atoms with Crippen LogP contribution in [0.15, 0.2) is 39.7 Å². The van der Waals surface area contributed by atoms with E-state index < -0.39 is 0 Å². The van der Waals surface area contributed by atoms with Gasteiger partial charge in [0.05, 0.1) is 12.0 Å². The first-order valence-electron chi connectivity index (χ1n) is 7.30. The number of amides is 1. The lowest BCUT2D eigenvalue weighted by atomic mass is 10.1. The standard InChI is InChI=1S/C16H16N2O3/c19-15-12(5-6-13(17-15)14-2-1-7-21-14)16(20)18-9-10-3-4-11(18)8-10/h1-2,5-7,10-11H,3-4,8-9H2,(H,17,19)/t10-,11+/m0/s1. The maximum Gasteiger partial charge on any atom is 0.261 e. The Kier molecular flexibility index (Phi) is 2.74. The van der Waals surface area contributed by atoms with Gasteiger partial charge in [-0.3, -0.25) is 9.59 Å². The molecule has 1 saturated heterocycles. The summed E-state index contributed by atoms with van der Waals surface area (Å²) in [6.45, 7) is 0.795. The fraction of sp³-hybridized carbons (Fsp3) is 0.375. The zero-order valence-electron chi connectivity index (χ0n) is 11.5. The van der Waals surface area contributed by atoms with Crippen molar-refractivity contribution in [2.24, 2.45) is 5.92 Å². The fourth-order valence-corrected chi connectivity index (χ4v) is 3.55. The summed E-state index contributed by atoms with van der Waals surface area (Å²) in [5, 5.41) is 0. The predicted octanol–water partition coefficient (Wildman–Crippen LogP) is 2.26. The molecular formula is C16H16N2O3. The second kappa shape index (κ2) is 4.62. The normalized spacial score (nSPS) is 23.7. The molecular weight excluding hydrogens is 268 g/mol. The van der Waals surface area contributed by atoms with E-state index in [2.05, 4.69) is 4.98 Å². The Morgan fingerprint density at radius 2 is 2.19 bits per heavy atom. The first kappa shape index (κ1) is 12.4. The number of fused-ring (bicyclic) bond motifs is 2. The first-order chi connectivity index (χ1) is 10.2. The molecule has 108 valence electrons. The van der Waals surface area contributed by atoms with Crippen LogP contribution in [-0.4, -0.2) is 28.4 Å². The quantitative estimate of drug-likeness (QED) is 0.919. The maximum atomic E-state index is 12.5. The molecule has 1 N–H and O–H groups in total. The molecule has 5 heteroatoms. The number of furan rings is 1. The third-order valence-electron chi connectivity index (χ3n) is 4.60. The largest absolute Gasteiger partial charge is 0.463 e. The number of likely N-dealkylation sites (tertiary alicyclic amines) is 1. The van der Waals surface area contributed by atoms with E-state index in [1.807, 2.05) is 4.90 Å². The van der Waals surface area contributed by atoms with E-state index in [4.69, 9.17) is 4.42 Å². The summed E-state index contributed by atoms with van der Waals surface area (Å²) in [5.41, 5.74) is 0.457. The minimum Gasteiger partial charge on any atom is -0.463 e. The average molecular weight is 284 g/mol. The molecule has 1 saturated carbocycles. The smallest absolute Gasteiger partial charge is 0.261 e.